The van der Waals surface area contributed by atoms with Crippen LogP contribution in [0, 0.1) is 5.92 Å². The highest BCUT2D eigenvalue weighted by Crippen LogP contribution is 2.24. The first-order valence-corrected chi connectivity index (χ1v) is 12.5. The Balaban J connectivity index is 1.41. The third-order valence-electron chi connectivity index (χ3n) is 6.31. The van der Waals surface area contributed by atoms with Gasteiger partial charge in [-0.3, -0.25) is 18.6 Å². The second-order valence-corrected chi connectivity index (χ2v) is 9.55. The lowest BCUT2D eigenvalue weighted by Crippen LogP contribution is -2.31. The van der Waals surface area contributed by atoms with Crippen molar-refractivity contribution in [1.82, 2.24) is 24.5 Å². The number of carbonyl (C=O) groups is 1. The predicted octanol–water partition coefficient (Wildman–Crippen LogP) is 3.88. The first kappa shape index (κ1) is 21.7. The highest BCUT2D eigenvalue weighted by atomic mass is 32.2. The minimum atomic E-state index is -0.101. The number of aromatic nitrogens is 4. The molecular weight excluding hydrogens is 434 g/mol. The van der Waals surface area contributed by atoms with E-state index in [1.54, 1.807) is 4.57 Å². The molecule has 2 heterocycles. The number of rotatable bonds is 7. The molecule has 1 aliphatic rings. The molecule has 0 atom stereocenters. The Hall–Kier alpha value is -3.13. The zero-order valence-corrected chi connectivity index (χ0v) is 19.3. The molecule has 0 spiro atoms. The van der Waals surface area contributed by atoms with Crippen LogP contribution < -0.4 is 10.9 Å². The summed E-state index contributed by atoms with van der Waals surface area (Å²) in [5.41, 5.74) is 1.66. The van der Waals surface area contributed by atoms with Crippen LogP contribution in [0.15, 0.2) is 64.5 Å². The molecule has 1 amide bonds. The van der Waals surface area contributed by atoms with E-state index in [-0.39, 0.29) is 17.2 Å². The quantitative estimate of drug-likeness (QED) is 0.423. The molecule has 7 nitrogen and oxygen atoms in total. The van der Waals surface area contributed by atoms with Crippen LogP contribution in [0.3, 0.4) is 0 Å². The van der Waals surface area contributed by atoms with Gasteiger partial charge in [0.1, 0.15) is 0 Å². The van der Waals surface area contributed by atoms with E-state index in [1.807, 2.05) is 59.0 Å². The van der Waals surface area contributed by atoms with E-state index in [1.165, 1.54) is 43.9 Å². The van der Waals surface area contributed by atoms with Crippen molar-refractivity contribution in [2.24, 2.45) is 5.92 Å². The average molecular weight is 462 g/mol. The second kappa shape index (κ2) is 9.79. The average Bonchev–Trinajstić information content (AvgIpc) is 3.29. The number of benzene rings is 2. The minimum Gasteiger partial charge on any atom is -0.355 e. The normalized spacial score (nSPS) is 14.7. The zero-order valence-electron chi connectivity index (χ0n) is 18.4. The van der Waals surface area contributed by atoms with Crippen molar-refractivity contribution in [2.45, 2.75) is 43.8 Å². The Kier molecular flexibility index (Phi) is 6.44. The summed E-state index contributed by atoms with van der Waals surface area (Å²) in [5.74, 6) is 1.34. The summed E-state index contributed by atoms with van der Waals surface area (Å²) < 4.78 is 3.54. The van der Waals surface area contributed by atoms with Crippen molar-refractivity contribution in [3.8, 4) is 0 Å². The number of hydrogen-bond acceptors (Lipinski definition) is 5. The van der Waals surface area contributed by atoms with Crippen molar-refractivity contribution in [2.75, 3.05) is 12.3 Å². The summed E-state index contributed by atoms with van der Waals surface area (Å²) in [4.78, 5) is 25.8. The lowest BCUT2D eigenvalue weighted by atomic mass is 9.89. The topological polar surface area (TPSA) is 81.3 Å². The second-order valence-electron chi connectivity index (χ2n) is 8.61. The molecule has 2 aromatic heterocycles. The smallest absolute Gasteiger partial charge is 0.263 e. The number of amides is 1. The predicted molar refractivity (Wildman–Crippen MR) is 131 cm³/mol. The SMILES string of the molecule is O=C(CSc1nnc2n(Cc3ccccc3)c(=O)c3ccccc3n12)NCC1CCCCC1. The van der Waals surface area contributed by atoms with Gasteiger partial charge in [-0.2, -0.15) is 0 Å². The molecule has 0 saturated heterocycles. The van der Waals surface area contributed by atoms with Gasteiger partial charge in [-0.1, -0.05) is 73.5 Å². The highest BCUT2D eigenvalue weighted by molar-refractivity contribution is 7.99. The van der Waals surface area contributed by atoms with E-state index in [4.69, 9.17) is 0 Å². The summed E-state index contributed by atoms with van der Waals surface area (Å²) in [5, 5.41) is 13.0. The molecule has 0 bridgehead atoms. The van der Waals surface area contributed by atoms with Gasteiger partial charge >= 0.3 is 0 Å². The molecule has 4 aromatic rings. The molecule has 1 fully saturated rings. The number of hydrogen-bond donors (Lipinski definition) is 1. The van der Waals surface area contributed by atoms with Crippen LogP contribution in [0.5, 0.6) is 0 Å². The van der Waals surface area contributed by atoms with Gasteiger partial charge in [0, 0.05) is 6.54 Å². The van der Waals surface area contributed by atoms with Gasteiger partial charge in [0.05, 0.1) is 23.2 Å². The maximum Gasteiger partial charge on any atom is 0.263 e. The summed E-state index contributed by atoms with van der Waals surface area (Å²) in [7, 11) is 0. The molecule has 5 rings (SSSR count). The summed E-state index contributed by atoms with van der Waals surface area (Å²) in [6, 6.07) is 17.3. The van der Waals surface area contributed by atoms with Gasteiger partial charge in [0.2, 0.25) is 11.7 Å². The van der Waals surface area contributed by atoms with Gasteiger partial charge in [0.15, 0.2) is 5.16 Å². The van der Waals surface area contributed by atoms with Gasteiger partial charge in [-0.15, -0.1) is 10.2 Å². The van der Waals surface area contributed by atoms with E-state index in [2.05, 4.69) is 15.5 Å². The molecule has 1 aliphatic carbocycles. The minimum absolute atomic E-state index is 0.00392. The van der Waals surface area contributed by atoms with Crippen molar-refractivity contribution in [1.29, 1.82) is 0 Å². The van der Waals surface area contributed by atoms with Gasteiger partial charge in [0.25, 0.3) is 5.56 Å². The Bertz CT molecular complexity index is 1330. The first-order chi connectivity index (χ1) is 16.2. The molecule has 0 radical (unpaired) electrons. The summed E-state index contributed by atoms with van der Waals surface area (Å²) in [6.45, 7) is 1.15. The Morgan fingerprint density at radius 2 is 1.76 bits per heavy atom. The third kappa shape index (κ3) is 4.66. The summed E-state index contributed by atoms with van der Waals surface area (Å²) >= 11 is 1.35. The number of nitrogens with zero attached hydrogens (tertiary/aromatic N) is 4. The number of fused-ring (bicyclic) bond motifs is 3. The van der Waals surface area contributed by atoms with Crippen molar-refractivity contribution in [3.05, 3.63) is 70.5 Å². The number of thioether (sulfide) groups is 1. The number of para-hydroxylation sites is 1. The van der Waals surface area contributed by atoms with E-state index in [0.29, 0.717) is 28.8 Å². The van der Waals surface area contributed by atoms with Crippen molar-refractivity contribution < 1.29 is 4.79 Å². The fraction of sp³-hybridized carbons (Fsp3) is 0.360. The largest absolute Gasteiger partial charge is 0.355 e. The monoisotopic (exact) mass is 461 g/mol. The zero-order chi connectivity index (χ0) is 22.6. The van der Waals surface area contributed by atoms with E-state index >= 15 is 0 Å². The maximum atomic E-state index is 13.3. The first-order valence-electron chi connectivity index (χ1n) is 11.5. The lowest BCUT2D eigenvalue weighted by Gasteiger charge is -2.21. The number of carbonyl (C=O) groups excluding carboxylic acids is 1. The Morgan fingerprint density at radius 3 is 2.58 bits per heavy atom. The molecule has 1 N–H and O–H groups in total. The van der Waals surface area contributed by atoms with Crippen LogP contribution >= 0.6 is 11.8 Å². The third-order valence-corrected chi connectivity index (χ3v) is 7.24. The molecule has 8 heteroatoms. The summed E-state index contributed by atoms with van der Waals surface area (Å²) in [6.07, 6.45) is 6.24. The molecule has 33 heavy (non-hydrogen) atoms. The van der Waals surface area contributed by atoms with Crippen LogP contribution in [-0.2, 0) is 11.3 Å². The number of nitrogens with one attached hydrogen (secondary N) is 1. The van der Waals surface area contributed by atoms with Crippen LogP contribution in [0.4, 0.5) is 0 Å². The van der Waals surface area contributed by atoms with E-state index in [9.17, 15) is 9.59 Å². The van der Waals surface area contributed by atoms with Crippen LogP contribution in [0.25, 0.3) is 16.7 Å². The van der Waals surface area contributed by atoms with Gasteiger partial charge in [-0.05, 0) is 36.5 Å². The van der Waals surface area contributed by atoms with Crippen LogP contribution in [0.2, 0.25) is 0 Å². The Labute approximate surface area is 196 Å². The molecule has 0 aliphatic heterocycles. The molecule has 2 aromatic carbocycles. The van der Waals surface area contributed by atoms with E-state index in [0.717, 1.165) is 17.6 Å². The fourth-order valence-electron chi connectivity index (χ4n) is 4.57. The molecular formula is C25H27N5O2S. The van der Waals surface area contributed by atoms with Crippen molar-refractivity contribution in [3.63, 3.8) is 0 Å². The van der Waals surface area contributed by atoms with E-state index < -0.39 is 0 Å². The maximum absolute atomic E-state index is 13.3. The molecule has 0 unspecified atom stereocenters. The molecule has 1 saturated carbocycles. The lowest BCUT2D eigenvalue weighted by molar-refractivity contribution is -0.118. The van der Waals surface area contributed by atoms with Crippen molar-refractivity contribution >= 4 is 34.3 Å². The Morgan fingerprint density at radius 1 is 1.00 bits per heavy atom. The fourth-order valence-corrected chi connectivity index (χ4v) is 5.34. The van der Waals surface area contributed by atoms with Gasteiger partial charge < -0.3 is 5.32 Å². The van der Waals surface area contributed by atoms with Crippen LogP contribution in [-0.4, -0.2) is 37.4 Å². The van der Waals surface area contributed by atoms with Gasteiger partial charge in [-0.25, -0.2) is 0 Å². The molecule has 170 valence electrons. The standard InChI is InChI=1S/C25H27N5O2S/c31-22(26-15-18-9-3-1-4-10-18)17-33-25-28-27-24-29(16-19-11-5-2-6-12-19)23(32)20-13-7-8-14-21(20)30(24)25/h2,5-8,11-14,18H,1,3-4,9-10,15-17H2,(H,26,31). The van der Waals surface area contributed by atoms with Crippen LogP contribution in [0.1, 0.15) is 37.7 Å². The highest BCUT2D eigenvalue weighted by Gasteiger charge is 2.19.